The molecule has 0 radical (unpaired) electrons. The molecule has 5 nitrogen and oxygen atoms in total. The molecule has 2 aromatic rings. The molecule has 0 spiro atoms. The molecule has 0 atom stereocenters. The molecule has 0 aliphatic heterocycles. The van der Waals surface area contributed by atoms with Crippen molar-refractivity contribution < 1.29 is 9.13 Å². The van der Waals surface area contributed by atoms with Gasteiger partial charge in [0.2, 0.25) is 5.16 Å². The van der Waals surface area contributed by atoms with Crippen LogP contribution in [0.1, 0.15) is 37.9 Å². The molecule has 1 aliphatic carbocycles. The highest BCUT2D eigenvalue weighted by molar-refractivity contribution is 7.99. The predicted octanol–water partition coefficient (Wildman–Crippen LogP) is 3.38. The van der Waals surface area contributed by atoms with E-state index in [1.54, 1.807) is 23.9 Å². The van der Waals surface area contributed by atoms with Crippen LogP contribution in [-0.2, 0) is 6.61 Å². The second-order valence-electron chi connectivity index (χ2n) is 5.83. The van der Waals surface area contributed by atoms with Crippen LogP contribution in [0.5, 0.6) is 5.75 Å². The zero-order chi connectivity index (χ0) is 16.1. The van der Waals surface area contributed by atoms with Crippen LogP contribution in [0.25, 0.3) is 0 Å². The molecule has 3 rings (SSSR count). The van der Waals surface area contributed by atoms with Crippen molar-refractivity contribution in [3.63, 3.8) is 0 Å². The summed E-state index contributed by atoms with van der Waals surface area (Å²) in [7, 11) is 0. The maximum absolute atomic E-state index is 12.9. The predicted molar refractivity (Wildman–Crippen MR) is 88.2 cm³/mol. The average molecular weight is 336 g/mol. The standard InChI is InChI=1S/C16H21FN4OS/c17-13-6-8-14(9-7-13)22-10-15-19-20-16(21(15)18)23-11-12-4-2-1-3-5-12/h6-9,12H,1-5,10-11,18H2. The van der Waals surface area contributed by atoms with Gasteiger partial charge in [0.25, 0.3) is 0 Å². The number of aromatic nitrogens is 3. The molecule has 1 aromatic carbocycles. The zero-order valence-electron chi connectivity index (χ0n) is 12.9. The molecule has 1 heterocycles. The van der Waals surface area contributed by atoms with Gasteiger partial charge in [-0.15, -0.1) is 10.2 Å². The van der Waals surface area contributed by atoms with Crippen LogP contribution in [0, 0.1) is 11.7 Å². The molecule has 1 saturated carbocycles. The highest BCUT2D eigenvalue weighted by Gasteiger charge is 2.16. The van der Waals surface area contributed by atoms with Crippen molar-refractivity contribution in [2.45, 2.75) is 43.9 Å². The van der Waals surface area contributed by atoms with Crippen molar-refractivity contribution >= 4 is 11.8 Å². The Morgan fingerprint density at radius 2 is 1.91 bits per heavy atom. The van der Waals surface area contributed by atoms with Gasteiger partial charge in [-0.3, -0.25) is 0 Å². The van der Waals surface area contributed by atoms with E-state index < -0.39 is 0 Å². The lowest BCUT2D eigenvalue weighted by molar-refractivity contribution is 0.291. The maximum Gasteiger partial charge on any atom is 0.209 e. The highest BCUT2D eigenvalue weighted by atomic mass is 32.2. The number of halogens is 1. The summed E-state index contributed by atoms with van der Waals surface area (Å²) in [5.41, 5.74) is 0. The van der Waals surface area contributed by atoms with Gasteiger partial charge in [-0.2, -0.15) is 0 Å². The first-order chi connectivity index (χ1) is 11.2. The van der Waals surface area contributed by atoms with Crippen LogP contribution >= 0.6 is 11.8 Å². The summed E-state index contributed by atoms with van der Waals surface area (Å²) in [6, 6.07) is 5.86. The zero-order valence-corrected chi connectivity index (χ0v) is 13.8. The van der Waals surface area contributed by atoms with Crippen LogP contribution in [0.15, 0.2) is 29.4 Å². The number of hydrogen-bond donors (Lipinski definition) is 1. The van der Waals surface area contributed by atoms with Gasteiger partial charge >= 0.3 is 0 Å². The number of rotatable bonds is 6. The summed E-state index contributed by atoms with van der Waals surface area (Å²) in [4.78, 5) is 0. The van der Waals surface area contributed by atoms with Gasteiger partial charge in [0.1, 0.15) is 18.2 Å². The van der Waals surface area contributed by atoms with Gasteiger partial charge in [0.15, 0.2) is 5.82 Å². The smallest absolute Gasteiger partial charge is 0.209 e. The SMILES string of the molecule is Nn1c(COc2ccc(F)cc2)nnc1SCC1CCCCC1. The van der Waals surface area contributed by atoms with E-state index in [4.69, 9.17) is 10.6 Å². The summed E-state index contributed by atoms with van der Waals surface area (Å²) in [6.45, 7) is 0.207. The maximum atomic E-state index is 12.9. The molecule has 0 bridgehead atoms. The molecule has 0 saturated heterocycles. The summed E-state index contributed by atoms with van der Waals surface area (Å²) in [6.07, 6.45) is 6.62. The van der Waals surface area contributed by atoms with Gasteiger partial charge in [-0.25, -0.2) is 9.07 Å². The third-order valence-corrected chi connectivity index (χ3v) is 5.26. The Bertz CT molecular complexity index is 626. The van der Waals surface area contributed by atoms with Gasteiger partial charge < -0.3 is 10.6 Å². The average Bonchev–Trinajstić information content (AvgIpc) is 2.93. The lowest BCUT2D eigenvalue weighted by Crippen LogP contribution is -2.16. The number of nitrogen functional groups attached to an aromatic ring is 1. The van der Waals surface area contributed by atoms with E-state index >= 15 is 0 Å². The van der Waals surface area contributed by atoms with Crippen LogP contribution in [0.2, 0.25) is 0 Å². The molecule has 2 N–H and O–H groups in total. The molecular weight excluding hydrogens is 315 g/mol. The number of benzene rings is 1. The van der Waals surface area contributed by atoms with Crippen molar-refractivity contribution in [2.24, 2.45) is 5.92 Å². The van der Waals surface area contributed by atoms with Crippen molar-refractivity contribution in [1.82, 2.24) is 14.9 Å². The molecule has 0 unspecified atom stereocenters. The summed E-state index contributed by atoms with van der Waals surface area (Å²) >= 11 is 1.66. The number of nitrogens with two attached hydrogens (primary N) is 1. The van der Waals surface area contributed by atoms with E-state index in [9.17, 15) is 4.39 Å². The largest absolute Gasteiger partial charge is 0.486 e. The summed E-state index contributed by atoms with van der Waals surface area (Å²) in [5.74, 6) is 8.67. The molecule has 1 aliphatic rings. The van der Waals surface area contributed by atoms with E-state index in [-0.39, 0.29) is 12.4 Å². The van der Waals surface area contributed by atoms with Gasteiger partial charge in [-0.05, 0) is 43.0 Å². The fourth-order valence-corrected chi connectivity index (χ4v) is 3.79. The fourth-order valence-electron chi connectivity index (χ4n) is 2.73. The van der Waals surface area contributed by atoms with Gasteiger partial charge in [-0.1, -0.05) is 31.0 Å². The lowest BCUT2D eigenvalue weighted by Gasteiger charge is -2.20. The van der Waals surface area contributed by atoms with Crippen molar-refractivity contribution in [2.75, 3.05) is 11.6 Å². The normalized spacial score (nSPS) is 15.7. The third kappa shape index (κ3) is 4.37. The van der Waals surface area contributed by atoms with E-state index in [0.717, 1.165) is 11.7 Å². The van der Waals surface area contributed by atoms with Crippen molar-refractivity contribution in [3.05, 3.63) is 35.9 Å². The van der Waals surface area contributed by atoms with E-state index in [1.165, 1.54) is 48.9 Å². The number of thioether (sulfide) groups is 1. The van der Waals surface area contributed by atoms with Crippen molar-refractivity contribution in [1.29, 1.82) is 0 Å². The Hall–Kier alpha value is -1.76. The van der Waals surface area contributed by atoms with Gasteiger partial charge in [0.05, 0.1) is 0 Å². The Morgan fingerprint density at radius 1 is 1.17 bits per heavy atom. The van der Waals surface area contributed by atoms with Crippen LogP contribution in [0.3, 0.4) is 0 Å². The fraction of sp³-hybridized carbons (Fsp3) is 0.500. The lowest BCUT2D eigenvalue weighted by atomic mass is 9.91. The van der Waals surface area contributed by atoms with Gasteiger partial charge in [0, 0.05) is 5.75 Å². The summed E-state index contributed by atoms with van der Waals surface area (Å²) in [5, 5.41) is 8.93. The Balaban J connectivity index is 1.52. The second-order valence-corrected chi connectivity index (χ2v) is 6.81. The molecular formula is C16H21FN4OS. The molecule has 1 fully saturated rings. The van der Waals surface area contributed by atoms with E-state index in [1.807, 2.05) is 0 Å². The van der Waals surface area contributed by atoms with E-state index in [0.29, 0.717) is 16.7 Å². The topological polar surface area (TPSA) is 66.0 Å². The molecule has 124 valence electrons. The quantitative estimate of drug-likeness (QED) is 0.647. The molecule has 0 amide bonds. The number of ether oxygens (including phenoxy) is 1. The Kier molecular flexibility index (Phi) is 5.38. The molecule has 1 aromatic heterocycles. The first kappa shape index (κ1) is 16.1. The third-order valence-electron chi connectivity index (χ3n) is 4.09. The molecule has 7 heteroatoms. The second kappa shape index (κ2) is 7.68. The Morgan fingerprint density at radius 3 is 2.65 bits per heavy atom. The van der Waals surface area contributed by atoms with Crippen LogP contribution in [-0.4, -0.2) is 20.6 Å². The van der Waals surface area contributed by atoms with Crippen molar-refractivity contribution in [3.8, 4) is 5.75 Å². The minimum atomic E-state index is -0.291. The monoisotopic (exact) mass is 336 g/mol. The first-order valence-electron chi connectivity index (χ1n) is 7.93. The minimum absolute atomic E-state index is 0.207. The number of nitrogens with zero attached hydrogens (tertiary/aromatic N) is 3. The van der Waals surface area contributed by atoms with E-state index in [2.05, 4.69) is 10.2 Å². The molecule has 23 heavy (non-hydrogen) atoms. The Labute approximate surface area is 139 Å². The van der Waals surface area contributed by atoms with Crippen LogP contribution in [0.4, 0.5) is 4.39 Å². The van der Waals surface area contributed by atoms with Crippen LogP contribution < -0.4 is 10.6 Å². The number of hydrogen-bond acceptors (Lipinski definition) is 5. The minimum Gasteiger partial charge on any atom is -0.486 e. The summed E-state index contributed by atoms with van der Waals surface area (Å²) < 4.78 is 19.9. The first-order valence-corrected chi connectivity index (χ1v) is 8.91. The highest BCUT2D eigenvalue weighted by Crippen LogP contribution is 2.29.